The van der Waals surface area contributed by atoms with Crippen molar-refractivity contribution in [3.8, 4) is 0 Å². The van der Waals surface area contributed by atoms with E-state index in [1.807, 2.05) is 0 Å². The zero-order valence-electron chi connectivity index (χ0n) is 10.6. The van der Waals surface area contributed by atoms with Gasteiger partial charge in [-0.1, -0.05) is 19.8 Å². The smallest absolute Gasteiger partial charge is 0.0597 e. The van der Waals surface area contributed by atoms with Crippen molar-refractivity contribution in [2.24, 2.45) is 0 Å². The predicted octanol–water partition coefficient (Wildman–Crippen LogP) is 1.63. The molecule has 1 saturated heterocycles. The lowest BCUT2D eigenvalue weighted by Crippen LogP contribution is -2.51. The van der Waals surface area contributed by atoms with Crippen molar-refractivity contribution >= 4 is 0 Å². The molecule has 3 heteroatoms. The molecule has 3 nitrogen and oxygen atoms in total. The minimum atomic E-state index is 0.572. The van der Waals surface area contributed by atoms with Gasteiger partial charge in [0.25, 0.3) is 0 Å². The third-order valence-electron chi connectivity index (χ3n) is 3.98. The lowest BCUT2D eigenvalue weighted by Gasteiger charge is -2.35. The maximum Gasteiger partial charge on any atom is 0.0597 e. The first kappa shape index (κ1) is 12.3. The van der Waals surface area contributed by atoms with Gasteiger partial charge >= 0.3 is 0 Å². The van der Waals surface area contributed by atoms with Crippen molar-refractivity contribution in [2.45, 2.75) is 51.2 Å². The Morgan fingerprint density at radius 2 is 2.12 bits per heavy atom. The number of rotatable bonds is 5. The third-order valence-corrected chi connectivity index (χ3v) is 3.98. The van der Waals surface area contributed by atoms with E-state index in [1.54, 1.807) is 0 Å². The molecule has 1 heterocycles. The number of hydrogen-bond donors (Lipinski definition) is 1. The molecule has 2 rings (SSSR count). The fourth-order valence-corrected chi connectivity index (χ4v) is 2.89. The molecule has 2 aliphatic rings. The van der Waals surface area contributed by atoms with E-state index in [-0.39, 0.29) is 0 Å². The van der Waals surface area contributed by atoms with Gasteiger partial charge in [0.1, 0.15) is 0 Å². The van der Waals surface area contributed by atoms with Gasteiger partial charge in [-0.25, -0.2) is 0 Å². The molecule has 0 aromatic heterocycles. The van der Waals surface area contributed by atoms with Crippen LogP contribution in [-0.4, -0.2) is 49.8 Å². The van der Waals surface area contributed by atoms with Gasteiger partial charge < -0.3 is 10.1 Å². The first-order chi connectivity index (χ1) is 7.90. The highest BCUT2D eigenvalue weighted by Gasteiger charge is 2.21. The Labute approximate surface area is 99.5 Å². The monoisotopic (exact) mass is 226 g/mol. The number of nitrogens with one attached hydrogen (secondary N) is 1. The van der Waals surface area contributed by atoms with E-state index in [1.165, 1.54) is 38.6 Å². The van der Waals surface area contributed by atoms with Crippen molar-refractivity contribution in [3.63, 3.8) is 0 Å². The van der Waals surface area contributed by atoms with Crippen LogP contribution in [0.4, 0.5) is 0 Å². The molecule has 0 aromatic rings. The highest BCUT2D eigenvalue weighted by molar-refractivity contribution is 4.78. The maximum atomic E-state index is 5.94. The number of nitrogens with zero attached hydrogens (tertiary/aromatic N) is 1. The van der Waals surface area contributed by atoms with Crippen molar-refractivity contribution in [2.75, 3.05) is 32.8 Å². The highest BCUT2D eigenvalue weighted by Crippen LogP contribution is 2.20. The number of piperazine rings is 1. The Hall–Kier alpha value is -0.120. The minimum Gasteiger partial charge on any atom is -0.377 e. The first-order valence-electron chi connectivity index (χ1n) is 6.96. The predicted molar refractivity (Wildman–Crippen MR) is 66.7 cm³/mol. The van der Waals surface area contributed by atoms with Crippen LogP contribution in [0, 0.1) is 0 Å². The van der Waals surface area contributed by atoms with Gasteiger partial charge in [-0.05, 0) is 19.3 Å². The molecule has 94 valence electrons. The Kier molecular flexibility index (Phi) is 5.07. The average molecular weight is 226 g/mol. The Bertz CT molecular complexity index is 192. The highest BCUT2D eigenvalue weighted by atomic mass is 16.5. The summed E-state index contributed by atoms with van der Waals surface area (Å²) in [5.41, 5.74) is 0. The van der Waals surface area contributed by atoms with Crippen molar-refractivity contribution < 1.29 is 4.74 Å². The van der Waals surface area contributed by atoms with E-state index in [9.17, 15) is 0 Å². The van der Waals surface area contributed by atoms with Crippen molar-refractivity contribution in [3.05, 3.63) is 0 Å². The molecule has 1 aliphatic heterocycles. The zero-order chi connectivity index (χ0) is 11.2. The van der Waals surface area contributed by atoms with Crippen molar-refractivity contribution in [1.82, 2.24) is 10.2 Å². The molecule has 0 amide bonds. The quantitative estimate of drug-likeness (QED) is 0.771. The lowest BCUT2D eigenvalue weighted by atomic mass is 10.1. The fraction of sp³-hybridized carbons (Fsp3) is 1.00. The molecule has 16 heavy (non-hydrogen) atoms. The second kappa shape index (κ2) is 6.58. The summed E-state index contributed by atoms with van der Waals surface area (Å²) in [5.74, 6) is 0. The van der Waals surface area contributed by atoms with Crippen LogP contribution in [0.2, 0.25) is 0 Å². The molecule has 1 saturated carbocycles. The zero-order valence-corrected chi connectivity index (χ0v) is 10.6. The van der Waals surface area contributed by atoms with Crippen molar-refractivity contribution in [1.29, 1.82) is 0 Å². The third kappa shape index (κ3) is 3.44. The number of hydrogen-bond acceptors (Lipinski definition) is 3. The summed E-state index contributed by atoms with van der Waals surface area (Å²) in [5, 5.41) is 3.46. The van der Waals surface area contributed by atoms with Gasteiger partial charge in [0.15, 0.2) is 0 Å². The molecule has 1 aliphatic carbocycles. The molecule has 0 aromatic carbocycles. The largest absolute Gasteiger partial charge is 0.377 e. The summed E-state index contributed by atoms with van der Waals surface area (Å²) in [6.45, 7) is 7.81. The Morgan fingerprint density at radius 1 is 1.31 bits per heavy atom. The van der Waals surface area contributed by atoms with Crippen LogP contribution in [0.15, 0.2) is 0 Å². The van der Waals surface area contributed by atoms with Crippen LogP contribution in [-0.2, 0) is 4.74 Å². The van der Waals surface area contributed by atoms with E-state index in [0.717, 1.165) is 32.3 Å². The summed E-state index contributed by atoms with van der Waals surface area (Å²) >= 11 is 0. The molecular formula is C13H26N2O. The molecule has 0 radical (unpaired) electrons. The Morgan fingerprint density at radius 3 is 2.88 bits per heavy atom. The van der Waals surface area contributed by atoms with E-state index >= 15 is 0 Å². The SMILES string of the molecule is CCC1CNCCN1CCOC1CCCC1. The normalized spacial score (nSPS) is 28.7. The van der Waals surface area contributed by atoms with E-state index in [0.29, 0.717) is 6.10 Å². The molecule has 1 atom stereocenters. The van der Waals surface area contributed by atoms with Gasteiger partial charge in [-0.3, -0.25) is 4.90 Å². The van der Waals surface area contributed by atoms with Gasteiger partial charge in [-0.15, -0.1) is 0 Å². The second-order valence-corrected chi connectivity index (χ2v) is 5.08. The number of ether oxygens (including phenoxy) is 1. The van der Waals surface area contributed by atoms with Gasteiger partial charge in [-0.2, -0.15) is 0 Å². The van der Waals surface area contributed by atoms with Crippen LogP contribution >= 0.6 is 0 Å². The van der Waals surface area contributed by atoms with E-state index in [2.05, 4.69) is 17.1 Å². The van der Waals surface area contributed by atoms with Gasteiger partial charge in [0.05, 0.1) is 12.7 Å². The minimum absolute atomic E-state index is 0.572. The summed E-state index contributed by atoms with van der Waals surface area (Å²) < 4.78 is 5.94. The molecule has 0 bridgehead atoms. The van der Waals surface area contributed by atoms with Crippen LogP contribution in [0.3, 0.4) is 0 Å². The van der Waals surface area contributed by atoms with E-state index < -0.39 is 0 Å². The molecular weight excluding hydrogens is 200 g/mol. The molecule has 2 fully saturated rings. The summed E-state index contributed by atoms with van der Waals surface area (Å²) in [7, 11) is 0. The van der Waals surface area contributed by atoms with Gasteiger partial charge in [0, 0.05) is 32.2 Å². The molecule has 1 N–H and O–H groups in total. The van der Waals surface area contributed by atoms with Gasteiger partial charge in [0.2, 0.25) is 0 Å². The first-order valence-corrected chi connectivity index (χ1v) is 6.96. The Balaban J connectivity index is 1.63. The van der Waals surface area contributed by atoms with Crippen LogP contribution in [0.5, 0.6) is 0 Å². The average Bonchev–Trinajstić information content (AvgIpc) is 2.83. The molecule has 1 unspecified atom stereocenters. The lowest BCUT2D eigenvalue weighted by molar-refractivity contribution is 0.0287. The van der Waals surface area contributed by atoms with Crippen LogP contribution < -0.4 is 5.32 Å². The molecule has 0 spiro atoms. The van der Waals surface area contributed by atoms with Crippen LogP contribution in [0.25, 0.3) is 0 Å². The summed E-state index contributed by atoms with van der Waals surface area (Å²) in [6.07, 6.45) is 7.14. The fourth-order valence-electron chi connectivity index (χ4n) is 2.89. The van der Waals surface area contributed by atoms with E-state index in [4.69, 9.17) is 4.74 Å². The van der Waals surface area contributed by atoms with Crippen LogP contribution in [0.1, 0.15) is 39.0 Å². The standard InChI is InChI=1S/C13H26N2O/c1-2-12-11-14-7-8-15(12)9-10-16-13-5-3-4-6-13/h12-14H,2-11H2,1H3. The second-order valence-electron chi connectivity index (χ2n) is 5.08. The summed E-state index contributed by atoms with van der Waals surface area (Å²) in [4.78, 5) is 2.59. The summed E-state index contributed by atoms with van der Waals surface area (Å²) in [6, 6.07) is 0.723. The maximum absolute atomic E-state index is 5.94. The topological polar surface area (TPSA) is 24.5 Å².